The summed E-state index contributed by atoms with van der Waals surface area (Å²) in [6.45, 7) is 5.61. The summed E-state index contributed by atoms with van der Waals surface area (Å²) in [7, 11) is 2.05. The van der Waals surface area contributed by atoms with Crippen LogP contribution in [0.5, 0.6) is 0 Å². The molecule has 1 nitrogen and oxygen atoms in total. The van der Waals surface area contributed by atoms with Gasteiger partial charge < -0.3 is 5.32 Å². The lowest BCUT2D eigenvalue weighted by molar-refractivity contribution is 0.344. The van der Waals surface area contributed by atoms with Crippen molar-refractivity contribution in [1.82, 2.24) is 5.32 Å². The fourth-order valence-electron chi connectivity index (χ4n) is 2.81. The molecule has 0 amide bonds. The molecule has 1 N–H and O–H groups in total. The average molecular weight is 298 g/mol. The van der Waals surface area contributed by atoms with Crippen LogP contribution in [0.3, 0.4) is 0 Å². The zero-order valence-electron chi connectivity index (χ0n) is 11.2. The molecular weight excluding hydrogens is 274 g/mol. The second kappa shape index (κ2) is 7.17. The molecule has 0 aliphatic carbocycles. The van der Waals surface area contributed by atoms with Gasteiger partial charge in [-0.05, 0) is 37.6 Å². The van der Waals surface area contributed by atoms with E-state index >= 15 is 0 Å². The van der Waals surface area contributed by atoms with E-state index in [1.165, 1.54) is 35.7 Å². The number of nitrogens with one attached hydrogen (secondary N) is 1. The van der Waals surface area contributed by atoms with E-state index in [0.717, 1.165) is 6.54 Å². The smallest absolute Gasteiger partial charge is 0.0178 e. The maximum Gasteiger partial charge on any atom is 0.0178 e. The average Bonchev–Trinajstić information content (AvgIpc) is 2.30. The number of benzene rings is 1. The predicted molar refractivity (Wildman–Crippen MR) is 79.6 cm³/mol. The Balaban J connectivity index is 3.09. The highest BCUT2D eigenvalue weighted by atomic mass is 79.9. The molecule has 0 heterocycles. The summed E-state index contributed by atoms with van der Waals surface area (Å²) in [5.74, 6) is 0. The van der Waals surface area contributed by atoms with Gasteiger partial charge in [-0.1, -0.05) is 54.8 Å². The Morgan fingerprint density at radius 1 is 1.18 bits per heavy atom. The van der Waals surface area contributed by atoms with Crippen LogP contribution in [0.4, 0.5) is 0 Å². The van der Waals surface area contributed by atoms with Gasteiger partial charge in [-0.3, -0.25) is 0 Å². The summed E-state index contributed by atoms with van der Waals surface area (Å²) in [5, 5.41) is 3.38. The molecule has 1 rings (SSSR count). The summed E-state index contributed by atoms with van der Waals surface area (Å²) in [6, 6.07) is 8.80. The minimum atomic E-state index is 0.294. The molecule has 0 saturated heterocycles. The lowest BCUT2D eigenvalue weighted by atomic mass is 9.73. The summed E-state index contributed by atoms with van der Waals surface area (Å²) in [6.07, 6.45) is 4.96. The maximum absolute atomic E-state index is 3.59. The van der Waals surface area contributed by atoms with Gasteiger partial charge in [0.05, 0.1) is 0 Å². The van der Waals surface area contributed by atoms with E-state index in [-0.39, 0.29) is 0 Å². The van der Waals surface area contributed by atoms with E-state index in [1.54, 1.807) is 0 Å². The van der Waals surface area contributed by atoms with Crippen LogP contribution >= 0.6 is 15.9 Å². The van der Waals surface area contributed by atoms with Gasteiger partial charge in [-0.25, -0.2) is 0 Å². The van der Waals surface area contributed by atoms with Gasteiger partial charge in [-0.2, -0.15) is 0 Å². The second-order valence-electron chi connectivity index (χ2n) is 4.82. The van der Waals surface area contributed by atoms with Gasteiger partial charge in [0.2, 0.25) is 0 Å². The highest BCUT2D eigenvalue weighted by molar-refractivity contribution is 9.10. The number of halogens is 1. The molecule has 0 aromatic heterocycles. The van der Waals surface area contributed by atoms with Crippen LogP contribution in [0.2, 0.25) is 0 Å². The zero-order chi connectivity index (χ0) is 12.7. The number of likely N-dealkylation sites (N-methyl/N-ethyl adjacent to an activating group) is 1. The Kier molecular flexibility index (Phi) is 6.21. The summed E-state index contributed by atoms with van der Waals surface area (Å²) < 4.78 is 1.18. The molecule has 0 fully saturated rings. The standard InChI is InChI=1S/C15H24BrN/c1-4-9-15(10-5-2,12-17-3)13-7-6-8-14(16)11-13/h6-8,11,17H,4-5,9-10,12H2,1-3H3. The van der Waals surface area contributed by atoms with E-state index in [4.69, 9.17) is 0 Å². The molecule has 2 heteroatoms. The van der Waals surface area contributed by atoms with Crippen LogP contribution in [0.25, 0.3) is 0 Å². The van der Waals surface area contributed by atoms with Crippen LogP contribution in [0.1, 0.15) is 45.1 Å². The molecule has 96 valence electrons. The first kappa shape index (κ1) is 14.7. The molecule has 0 aliphatic rings. The van der Waals surface area contributed by atoms with Crippen molar-refractivity contribution >= 4 is 15.9 Å². The molecular formula is C15H24BrN. The quantitative estimate of drug-likeness (QED) is 0.781. The fourth-order valence-corrected chi connectivity index (χ4v) is 3.21. The Morgan fingerprint density at radius 2 is 1.82 bits per heavy atom. The van der Waals surface area contributed by atoms with E-state index in [9.17, 15) is 0 Å². The van der Waals surface area contributed by atoms with Gasteiger partial charge in [0.25, 0.3) is 0 Å². The van der Waals surface area contributed by atoms with Crippen LogP contribution < -0.4 is 5.32 Å². The fraction of sp³-hybridized carbons (Fsp3) is 0.600. The van der Waals surface area contributed by atoms with Crippen molar-refractivity contribution in [3.05, 3.63) is 34.3 Å². The van der Waals surface area contributed by atoms with Crippen molar-refractivity contribution in [3.63, 3.8) is 0 Å². The molecule has 0 spiro atoms. The van der Waals surface area contributed by atoms with Gasteiger partial charge in [0.15, 0.2) is 0 Å². The Labute approximate surface area is 114 Å². The van der Waals surface area contributed by atoms with E-state index in [1.807, 2.05) is 0 Å². The predicted octanol–water partition coefficient (Wildman–Crippen LogP) is 4.51. The third-order valence-corrected chi connectivity index (χ3v) is 3.90. The number of hydrogen-bond acceptors (Lipinski definition) is 1. The molecule has 1 aromatic rings. The van der Waals surface area contributed by atoms with Gasteiger partial charge >= 0.3 is 0 Å². The largest absolute Gasteiger partial charge is 0.319 e. The first-order valence-corrected chi connectivity index (χ1v) is 7.38. The highest BCUT2D eigenvalue weighted by Gasteiger charge is 2.29. The minimum absolute atomic E-state index is 0.294. The van der Waals surface area contributed by atoms with E-state index in [0.29, 0.717) is 5.41 Å². The van der Waals surface area contributed by atoms with Crippen molar-refractivity contribution in [2.75, 3.05) is 13.6 Å². The van der Waals surface area contributed by atoms with Crippen LogP contribution in [-0.2, 0) is 5.41 Å². The molecule has 17 heavy (non-hydrogen) atoms. The van der Waals surface area contributed by atoms with Crippen molar-refractivity contribution in [2.45, 2.75) is 44.9 Å². The summed E-state index contributed by atoms with van der Waals surface area (Å²) in [4.78, 5) is 0. The monoisotopic (exact) mass is 297 g/mol. The van der Waals surface area contributed by atoms with Crippen LogP contribution in [0, 0.1) is 0 Å². The molecule has 0 atom stereocenters. The molecule has 0 aliphatic heterocycles. The second-order valence-corrected chi connectivity index (χ2v) is 5.74. The van der Waals surface area contributed by atoms with Gasteiger partial charge in [-0.15, -0.1) is 0 Å². The Hall–Kier alpha value is -0.340. The van der Waals surface area contributed by atoms with E-state index in [2.05, 4.69) is 66.4 Å². The van der Waals surface area contributed by atoms with Crippen molar-refractivity contribution < 1.29 is 0 Å². The third-order valence-electron chi connectivity index (χ3n) is 3.41. The third kappa shape index (κ3) is 3.82. The molecule has 0 radical (unpaired) electrons. The Morgan fingerprint density at radius 3 is 2.29 bits per heavy atom. The minimum Gasteiger partial charge on any atom is -0.319 e. The molecule has 1 aromatic carbocycles. The van der Waals surface area contributed by atoms with Crippen molar-refractivity contribution in [2.24, 2.45) is 0 Å². The van der Waals surface area contributed by atoms with Gasteiger partial charge in [0, 0.05) is 16.4 Å². The van der Waals surface area contributed by atoms with E-state index < -0.39 is 0 Å². The summed E-state index contributed by atoms with van der Waals surface area (Å²) >= 11 is 3.59. The first-order chi connectivity index (χ1) is 8.18. The van der Waals surface area contributed by atoms with Crippen LogP contribution in [0.15, 0.2) is 28.7 Å². The zero-order valence-corrected chi connectivity index (χ0v) is 12.8. The lowest BCUT2D eigenvalue weighted by Crippen LogP contribution is -2.36. The maximum atomic E-state index is 3.59. The Bertz CT molecular complexity index is 318. The van der Waals surface area contributed by atoms with Gasteiger partial charge in [0.1, 0.15) is 0 Å². The van der Waals surface area contributed by atoms with Crippen molar-refractivity contribution in [3.8, 4) is 0 Å². The first-order valence-electron chi connectivity index (χ1n) is 6.59. The SMILES string of the molecule is CCCC(CCC)(CNC)c1cccc(Br)c1. The lowest BCUT2D eigenvalue weighted by Gasteiger charge is -2.34. The van der Waals surface area contributed by atoms with Crippen LogP contribution in [-0.4, -0.2) is 13.6 Å². The molecule has 0 unspecified atom stereocenters. The normalized spacial score (nSPS) is 11.8. The molecule has 0 saturated carbocycles. The summed E-state index contributed by atoms with van der Waals surface area (Å²) in [5.41, 5.74) is 1.76. The van der Waals surface area contributed by atoms with Crippen molar-refractivity contribution in [1.29, 1.82) is 0 Å². The number of rotatable bonds is 7. The highest BCUT2D eigenvalue weighted by Crippen LogP contribution is 2.35. The topological polar surface area (TPSA) is 12.0 Å². The number of hydrogen-bond donors (Lipinski definition) is 1. The molecule has 0 bridgehead atoms.